The molecule has 0 aliphatic carbocycles. The van der Waals surface area contributed by atoms with Crippen molar-refractivity contribution in [3.63, 3.8) is 0 Å². The molecule has 0 amide bonds. The number of rotatable bonds is 3. The van der Waals surface area contributed by atoms with Crippen LogP contribution in [0.1, 0.15) is 25.0 Å². The molecule has 21 heavy (non-hydrogen) atoms. The average molecular weight is 318 g/mol. The van der Waals surface area contributed by atoms with Crippen LogP contribution in [-0.2, 0) is 12.7 Å². The minimum atomic E-state index is -4.33. The smallest absolute Gasteiger partial charge is 0.366 e. The van der Waals surface area contributed by atoms with Gasteiger partial charge in [-0.2, -0.15) is 24.9 Å². The largest absolute Gasteiger partial charge is 0.418 e. The van der Waals surface area contributed by atoms with Gasteiger partial charge in [-0.3, -0.25) is 0 Å². The molecular formula is C15H21F3N2S. The van der Waals surface area contributed by atoms with E-state index in [-0.39, 0.29) is 6.04 Å². The summed E-state index contributed by atoms with van der Waals surface area (Å²) in [6, 6.07) is 4.76. The topological polar surface area (TPSA) is 15.3 Å². The number of hydrogen-bond acceptors (Lipinski definition) is 3. The van der Waals surface area contributed by atoms with Crippen LogP contribution in [0.2, 0.25) is 0 Å². The van der Waals surface area contributed by atoms with Gasteiger partial charge in [-0.15, -0.1) is 0 Å². The Morgan fingerprint density at radius 2 is 2.05 bits per heavy atom. The molecule has 1 aliphatic rings. The van der Waals surface area contributed by atoms with E-state index < -0.39 is 11.7 Å². The molecule has 0 spiro atoms. The molecule has 1 aromatic carbocycles. The third kappa shape index (κ3) is 3.66. The fourth-order valence-corrected chi connectivity index (χ4v) is 3.75. The van der Waals surface area contributed by atoms with E-state index in [0.29, 0.717) is 29.6 Å². The normalized spacial score (nSPS) is 23.4. The van der Waals surface area contributed by atoms with E-state index in [1.165, 1.54) is 6.07 Å². The minimum Gasteiger partial charge on any atom is -0.366 e. The maximum Gasteiger partial charge on any atom is 0.418 e. The zero-order valence-corrected chi connectivity index (χ0v) is 13.3. The SMILES string of the molecule is CNCc1ccc(N2CCSC(C)C2C)c(C(F)(F)F)c1. The van der Waals surface area contributed by atoms with Crippen molar-refractivity contribution in [2.45, 2.75) is 37.9 Å². The van der Waals surface area contributed by atoms with Crippen LogP contribution in [0, 0.1) is 0 Å². The van der Waals surface area contributed by atoms with Gasteiger partial charge in [-0.1, -0.05) is 13.0 Å². The predicted molar refractivity (Wildman–Crippen MR) is 82.9 cm³/mol. The lowest BCUT2D eigenvalue weighted by Crippen LogP contribution is -2.45. The van der Waals surface area contributed by atoms with Gasteiger partial charge in [-0.25, -0.2) is 0 Å². The maximum atomic E-state index is 13.4. The highest BCUT2D eigenvalue weighted by atomic mass is 32.2. The molecule has 2 nitrogen and oxygen atoms in total. The molecule has 1 saturated heterocycles. The highest BCUT2D eigenvalue weighted by Crippen LogP contribution is 2.40. The number of alkyl halides is 3. The fraction of sp³-hybridized carbons (Fsp3) is 0.600. The quantitative estimate of drug-likeness (QED) is 0.913. The van der Waals surface area contributed by atoms with Crippen molar-refractivity contribution >= 4 is 17.4 Å². The van der Waals surface area contributed by atoms with Crippen LogP contribution in [0.4, 0.5) is 18.9 Å². The summed E-state index contributed by atoms with van der Waals surface area (Å²) in [6.45, 7) is 5.17. The van der Waals surface area contributed by atoms with Crippen molar-refractivity contribution in [3.05, 3.63) is 29.3 Å². The van der Waals surface area contributed by atoms with Gasteiger partial charge in [0, 0.05) is 35.8 Å². The molecule has 2 rings (SSSR count). The number of anilines is 1. The Morgan fingerprint density at radius 1 is 1.33 bits per heavy atom. The minimum absolute atomic E-state index is 0.0972. The lowest BCUT2D eigenvalue weighted by Gasteiger charge is -2.40. The van der Waals surface area contributed by atoms with Crippen molar-refractivity contribution in [2.24, 2.45) is 0 Å². The monoisotopic (exact) mass is 318 g/mol. The highest BCUT2D eigenvalue weighted by Gasteiger charge is 2.37. The van der Waals surface area contributed by atoms with Crippen LogP contribution in [0.15, 0.2) is 18.2 Å². The molecule has 0 radical (unpaired) electrons. The fourth-order valence-electron chi connectivity index (χ4n) is 2.65. The third-order valence-corrected chi connectivity index (χ3v) is 5.28. The number of thioether (sulfide) groups is 1. The molecule has 0 aromatic heterocycles. The van der Waals surface area contributed by atoms with Crippen molar-refractivity contribution < 1.29 is 13.2 Å². The van der Waals surface area contributed by atoms with Crippen molar-refractivity contribution in [1.29, 1.82) is 0 Å². The third-order valence-electron chi connectivity index (χ3n) is 3.94. The highest BCUT2D eigenvalue weighted by molar-refractivity contribution is 8.00. The standard InChI is InChI=1S/C15H21F3N2S/c1-10-11(2)21-7-6-20(10)14-5-4-12(9-19-3)8-13(14)15(16,17)18/h4-5,8,10-11,19H,6-7,9H2,1-3H3. The number of nitrogens with zero attached hydrogens (tertiary/aromatic N) is 1. The number of benzene rings is 1. The Hall–Kier alpha value is -0.880. The van der Waals surface area contributed by atoms with Gasteiger partial charge in [-0.05, 0) is 31.7 Å². The first-order valence-electron chi connectivity index (χ1n) is 7.07. The van der Waals surface area contributed by atoms with Gasteiger partial charge in [0.2, 0.25) is 0 Å². The van der Waals surface area contributed by atoms with Crippen molar-refractivity contribution in [3.8, 4) is 0 Å². The molecule has 0 bridgehead atoms. The molecule has 1 N–H and O–H groups in total. The molecule has 1 heterocycles. The van der Waals surface area contributed by atoms with Crippen LogP contribution in [0.25, 0.3) is 0 Å². The van der Waals surface area contributed by atoms with E-state index in [9.17, 15) is 13.2 Å². The molecule has 1 aromatic rings. The maximum absolute atomic E-state index is 13.4. The summed E-state index contributed by atoms with van der Waals surface area (Å²) in [6.07, 6.45) is -4.33. The molecular weight excluding hydrogens is 297 g/mol. The van der Waals surface area contributed by atoms with Crippen LogP contribution in [0.3, 0.4) is 0 Å². The second-order valence-electron chi connectivity index (χ2n) is 5.39. The number of halogens is 3. The van der Waals surface area contributed by atoms with Gasteiger partial charge >= 0.3 is 6.18 Å². The van der Waals surface area contributed by atoms with Gasteiger partial charge in [0.25, 0.3) is 0 Å². The summed E-state index contributed by atoms with van der Waals surface area (Å²) in [5, 5.41) is 3.22. The lowest BCUT2D eigenvalue weighted by molar-refractivity contribution is -0.137. The van der Waals surface area contributed by atoms with Crippen LogP contribution < -0.4 is 10.2 Å². The van der Waals surface area contributed by atoms with E-state index in [1.807, 2.05) is 23.6 Å². The Morgan fingerprint density at radius 3 is 2.67 bits per heavy atom. The van der Waals surface area contributed by atoms with Gasteiger partial charge in [0.05, 0.1) is 5.56 Å². The Labute approximate surface area is 128 Å². The van der Waals surface area contributed by atoms with Crippen LogP contribution in [-0.4, -0.2) is 30.6 Å². The summed E-state index contributed by atoms with van der Waals surface area (Å²) < 4.78 is 40.2. The number of hydrogen-bond donors (Lipinski definition) is 1. The molecule has 1 fully saturated rings. The first kappa shape index (κ1) is 16.5. The number of nitrogens with one attached hydrogen (secondary N) is 1. The first-order chi connectivity index (χ1) is 9.84. The van der Waals surface area contributed by atoms with Crippen LogP contribution in [0.5, 0.6) is 0 Å². The summed E-state index contributed by atoms with van der Waals surface area (Å²) in [7, 11) is 1.73. The van der Waals surface area contributed by atoms with Gasteiger partial charge in [0.15, 0.2) is 0 Å². The molecule has 118 valence electrons. The van der Waals surface area contributed by atoms with E-state index in [0.717, 1.165) is 5.75 Å². The zero-order valence-electron chi connectivity index (χ0n) is 12.5. The van der Waals surface area contributed by atoms with E-state index in [2.05, 4.69) is 12.2 Å². The molecule has 6 heteroatoms. The van der Waals surface area contributed by atoms with Crippen molar-refractivity contribution in [1.82, 2.24) is 5.32 Å². The summed E-state index contributed by atoms with van der Waals surface area (Å²) >= 11 is 1.82. The summed E-state index contributed by atoms with van der Waals surface area (Å²) in [5.41, 5.74) is 0.434. The van der Waals surface area contributed by atoms with Crippen LogP contribution >= 0.6 is 11.8 Å². The van der Waals surface area contributed by atoms with Crippen molar-refractivity contribution in [2.75, 3.05) is 24.2 Å². The molecule has 1 aliphatic heterocycles. The van der Waals surface area contributed by atoms with E-state index in [4.69, 9.17) is 0 Å². The molecule has 2 atom stereocenters. The average Bonchev–Trinajstić information content (AvgIpc) is 2.41. The lowest BCUT2D eigenvalue weighted by atomic mass is 10.0. The second-order valence-corrected chi connectivity index (χ2v) is 6.87. The van der Waals surface area contributed by atoms with E-state index in [1.54, 1.807) is 19.2 Å². The molecule has 0 saturated carbocycles. The summed E-state index contributed by atoms with van der Waals surface area (Å²) in [5.74, 6) is 0.862. The van der Waals surface area contributed by atoms with Gasteiger partial charge in [0.1, 0.15) is 0 Å². The Balaban J connectivity index is 2.42. The Kier molecular flexibility index (Phi) is 5.09. The first-order valence-corrected chi connectivity index (χ1v) is 8.12. The van der Waals surface area contributed by atoms with E-state index >= 15 is 0 Å². The second kappa shape index (κ2) is 6.48. The molecule has 2 unspecified atom stereocenters. The zero-order chi connectivity index (χ0) is 15.6. The summed E-state index contributed by atoms with van der Waals surface area (Å²) in [4.78, 5) is 1.90. The van der Waals surface area contributed by atoms with Gasteiger partial charge < -0.3 is 10.2 Å². The predicted octanol–water partition coefficient (Wildman–Crippen LogP) is 3.76. The Bertz CT molecular complexity index is 490.